The second kappa shape index (κ2) is 8.32. The second-order valence-electron chi connectivity index (χ2n) is 5.62. The lowest BCUT2D eigenvalue weighted by atomic mass is 10.1. The van der Waals surface area contributed by atoms with Crippen LogP contribution in [-0.4, -0.2) is 12.1 Å². The first-order chi connectivity index (χ1) is 9.92. The standard InChI is InChI=1S/C19H24O2/c1-6-16-8-10-17(11-9-16)19(20)21-18(13-15(4)5)12-7-14(2)3/h8-11,15,18H,2,6,13H2,1,3-5H3. The molecule has 1 aromatic carbocycles. The Morgan fingerprint density at radius 1 is 1.29 bits per heavy atom. The van der Waals surface area contributed by atoms with E-state index in [1.165, 1.54) is 5.56 Å². The highest BCUT2D eigenvalue weighted by Gasteiger charge is 2.15. The SMILES string of the molecule is C=C(C)C#CC(CC(C)C)OC(=O)c1ccc(CC)cc1. The van der Waals surface area contributed by atoms with Gasteiger partial charge in [-0.2, -0.15) is 0 Å². The van der Waals surface area contributed by atoms with Crippen LogP contribution in [0.15, 0.2) is 36.4 Å². The highest BCUT2D eigenvalue weighted by atomic mass is 16.5. The van der Waals surface area contributed by atoms with Crippen molar-refractivity contribution in [3.63, 3.8) is 0 Å². The van der Waals surface area contributed by atoms with E-state index in [1.54, 1.807) is 12.1 Å². The van der Waals surface area contributed by atoms with Gasteiger partial charge in [0.2, 0.25) is 0 Å². The minimum atomic E-state index is -0.389. The van der Waals surface area contributed by atoms with E-state index in [0.717, 1.165) is 18.4 Å². The number of carbonyl (C=O) groups is 1. The predicted molar refractivity (Wildman–Crippen MR) is 87.1 cm³/mol. The summed E-state index contributed by atoms with van der Waals surface area (Å²) in [6.07, 6.45) is 1.29. The zero-order valence-corrected chi connectivity index (χ0v) is 13.4. The summed E-state index contributed by atoms with van der Waals surface area (Å²) in [6, 6.07) is 7.51. The molecule has 0 N–H and O–H groups in total. The number of allylic oxidation sites excluding steroid dienone is 1. The fraction of sp³-hybridized carbons (Fsp3) is 0.421. The average molecular weight is 284 g/mol. The molecule has 0 bridgehead atoms. The molecule has 0 aromatic heterocycles. The van der Waals surface area contributed by atoms with Crippen molar-refractivity contribution in [3.05, 3.63) is 47.5 Å². The summed E-state index contributed by atoms with van der Waals surface area (Å²) in [6.45, 7) is 11.8. The zero-order valence-electron chi connectivity index (χ0n) is 13.4. The molecule has 0 aliphatic heterocycles. The molecule has 1 unspecified atom stereocenters. The summed E-state index contributed by atoms with van der Waals surface area (Å²) in [7, 11) is 0. The first kappa shape index (κ1) is 17.0. The molecule has 21 heavy (non-hydrogen) atoms. The van der Waals surface area contributed by atoms with Gasteiger partial charge in [-0.1, -0.05) is 51.3 Å². The van der Waals surface area contributed by atoms with E-state index in [-0.39, 0.29) is 12.1 Å². The Labute approximate surface area is 128 Å². The summed E-state index contributed by atoms with van der Waals surface area (Å²) in [5.41, 5.74) is 2.54. The van der Waals surface area contributed by atoms with Crippen LogP contribution in [-0.2, 0) is 11.2 Å². The molecule has 1 rings (SSSR count). The lowest BCUT2D eigenvalue weighted by Gasteiger charge is -2.14. The van der Waals surface area contributed by atoms with Gasteiger partial charge in [-0.05, 0) is 49.0 Å². The molecular formula is C19H24O2. The van der Waals surface area contributed by atoms with Crippen LogP contribution in [0.2, 0.25) is 0 Å². The van der Waals surface area contributed by atoms with E-state index < -0.39 is 0 Å². The fourth-order valence-electron chi connectivity index (χ4n) is 1.84. The van der Waals surface area contributed by atoms with Gasteiger partial charge >= 0.3 is 5.97 Å². The number of rotatable bonds is 5. The maximum atomic E-state index is 12.2. The quantitative estimate of drug-likeness (QED) is 0.591. The lowest BCUT2D eigenvalue weighted by molar-refractivity contribution is 0.0377. The summed E-state index contributed by atoms with van der Waals surface area (Å²) in [5, 5.41) is 0. The van der Waals surface area contributed by atoms with Crippen LogP contribution < -0.4 is 0 Å². The molecule has 0 amide bonds. The van der Waals surface area contributed by atoms with Crippen LogP contribution in [0.3, 0.4) is 0 Å². The molecule has 112 valence electrons. The van der Waals surface area contributed by atoms with Gasteiger partial charge in [-0.25, -0.2) is 4.79 Å². The zero-order chi connectivity index (χ0) is 15.8. The Morgan fingerprint density at radius 2 is 1.90 bits per heavy atom. The van der Waals surface area contributed by atoms with E-state index in [2.05, 4.69) is 39.2 Å². The minimum Gasteiger partial charge on any atom is -0.446 e. The van der Waals surface area contributed by atoms with Crippen LogP contribution in [0, 0.1) is 17.8 Å². The highest BCUT2D eigenvalue weighted by Crippen LogP contribution is 2.12. The van der Waals surface area contributed by atoms with Crippen molar-refractivity contribution in [1.29, 1.82) is 0 Å². The van der Waals surface area contributed by atoms with Crippen molar-refractivity contribution in [2.24, 2.45) is 5.92 Å². The van der Waals surface area contributed by atoms with Gasteiger partial charge in [0, 0.05) is 0 Å². The lowest BCUT2D eigenvalue weighted by Crippen LogP contribution is -2.18. The summed E-state index contributed by atoms with van der Waals surface area (Å²) in [4.78, 5) is 12.2. The monoisotopic (exact) mass is 284 g/mol. The molecule has 1 atom stereocenters. The Bertz CT molecular complexity index is 541. The Balaban J connectivity index is 2.79. The maximum Gasteiger partial charge on any atom is 0.339 e. The van der Waals surface area contributed by atoms with Crippen molar-refractivity contribution in [2.45, 2.75) is 46.6 Å². The molecule has 0 heterocycles. The summed E-state index contributed by atoms with van der Waals surface area (Å²) < 4.78 is 5.52. The van der Waals surface area contributed by atoms with Gasteiger partial charge in [-0.3, -0.25) is 0 Å². The van der Waals surface area contributed by atoms with Crippen molar-refractivity contribution < 1.29 is 9.53 Å². The maximum absolute atomic E-state index is 12.2. The Hall–Kier alpha value is -2.01. The van der Waals surface area contributed by atoms with Crippen LogP contribution in [0.4, 0.5) is 0 Å². The average Bonchev–Trinajstić information content (AvgIpc) is 2.44. The number of benzene rings is 1. The number of ether oxygens (including phenoxy) is 1. The minimum absolute atomic E-state index is 0.320. The Kier molecular flexibility index (Phi) is 6.75. The van der Waals surface area contributed by atoms with Gasteiger partial charge in [0.05, 0.1) is 5.56 Å². The van der Waals surface area contributed by atoms with E-state index in [9.17, 15) is 4.79 Å². The van der Waals surface area contributed by atoms with E-state index in [4.69, 9.17) is 4.74 Å². The van der Waals surface area contributed by atoms with Crippen LogP contribution in [0.25, 0.3) is 0 Å². The first-order valence-electron chi connectivity index (χ1n) is 7.39. The molecule has 1 aromatic rings. The van der Waals surface area contributed by atoms with Gasteiger partial charge < -0.3 is 4.74 Å². The molecule has 0 radical (unpaired) electrons. The molecule has 0 saturated heterocycles. The Morgan fingerprint density at radius 3 is 2.38 bits per heavy atom. The first-order valence-corrected chi connectivity index (χ1v) is 7.39. The number of esters is 1. The topological polar surface area (TPSA) is 26.3 Å². The summed E-state index contributed by atoms with van der Waals surface area (Å²) in [5.74, 6) is 5.97. The third-order valence-corrected chi connectivity index (χ3v) is 2.98. The molecule has 0 fully saturated rings. The largest absolute Gasteiger partial charge is 0.446 e. The van der Waals surface area contributed by atoms with Crippen molar-refractivity contribution >= 4 is 5.97 Å². The summed E-state index contributed by atoms with van der Waals surface area (Å²) >= 11 is 0. The smallest absolute Gasteiger partial charge is 0.339 e. The molecule has 2 nitrogen and oxygen atoms in total. The number of hydrogen-bond acceptors (Lipinski definition) is 2. The van der Waals surface area contributed by atoms with Crippen LogP contribution >= 0.6 is 0 Å². The van der Waals surface area contributed by atoms with Gasteiger partial charge in [-0.15, -0.1) is 0 Å². The van der Waals surface area contributed by atoms with E-state index >= 15 is 0 Å². The van der Waals surface area contributed by atoms with E-state index in [1.807, 2.05) is 19.1 Å². The van der Waals surface area contributed by atoms with Crippen LogP contribution in [0.1, 0.15) is 50.0 Å². The fourth-order valence-corrected chi connectivity index (χ4v) is 1.84. The molecule has 0 saturated carbocycles. The number of aryl methyl sites for hydroxylation is 1. The molecule has 2 heteroatoms. The van der Waals surface area contributed by atoms with Crippen molar-refractivity contribution in [2.75, 3.05) is 0 Å². The van der Waals surface area contributed by atoms with Gasteiger partial charge in [0.25, 0.3) is 0 Å². The molecular weight excluding hydrogens is 260 g/mol. The van der Waals surface area contributed by atoms with Crippen molar-refractivity contribution in [1.82, 2.24) is 0 Å². The molecule has 0 aliphatic rings. The molecule has 0 aliphatic carbocycles. The van der Waals surface area contributed by atoms with Crippen molar-refractivity contribution in [3.8, 4) is 11.8 Å². The third kappa shape index (κ3) is 6.31. The third-order valence-electron chi connectivity index (χ3n) is 2.98. The second-order valence-corrected chi connectivity index (χ2v) is 5.62. The number of hydrogen-bond donors (Lipinski definition) is 0. The number of carbonyl (C=O) groups excluding carboxylic acids is 1. The molecule has 0 spiro atoms. The van der Waals surface area contributed by atoms with E-state index in [0.29, 0.717) is 11.5 Å². The van der Waals surface area contributed by atoms with Gasteiger partial charge in [0.15, 0.2) is 6.10 Å². The van der Waals surface area contributed by atoms with Gasteiger partial charge in [0.1, 0.15) is 0 Å². The normalized spacial score (nSPS) is 11.5. The highest BCUT2D eigenvalue weighted by molar-refractivity contribution is 5.89. The van der Waals surface area contributed by atoms with Crippen LogP contribution in [0.5, 0.6) is 0 Å². The predicted octanol–water partition coefficient (Wildman–Crippen LogP) is 4.40.